The Morgan fingerprint density at radius 1 is 1.03 bits per heavy atom. The molecule has 0 aliphatic carbocycles. The summed E-state index contributed by atoms with van der Waals surface area (Å²) < 4.78 is 5.08. The number of carbonyl (C=O) groups is 1. The zero-order valence-corrected chi connectivity index (χ0v) is 18.7. The number of nitrogens with zero attached hydrogens (tertiary/aromatic N) is 3. The molecule has 0 saturated carbocycles. The molecule has 6 heteroatoms. The molecule has 2 aromatic carbocycles. The van der Waals surface area contributed by atoms with E-state index in [1.165, 1.54) is 16.7 Å². The van der Waals surface area contributed by atoms with Gasteiger partial charge < -0.3 is 9.88 Å². The molecule has 0 fully saturated rings. The number of hydrogen-bond acceptors (Lipinski definition) is 3. The highest BCUT2D eigenvalue weighted by atomic mass is 32.1. The Balaban J connectivity index is 1.33. The van der Waals surface area contributed by atoms with Crippen molar-refractivity contribution in [3.63, 3.8) is 0 Å². The molecule has 5 nitrogen and oxygen atoms in total. The summed E-state index contributed by atoms with van der Waals surface area (Å²) in [5.74, 6) is -0.114. The molecule has 3 heterocycles. The van der Waals surface area contributed by atoms with E-state index >= 15 is 0 Å². The predicted molar refractivity (Wildman–Crippen MR) is 130 cm³/mol. The maximum Gasteiger partial charge on any atom is 0.272 e. The van der Waals surface area contributed by atoms with Crippen LogP contribution in [-0.4, -0.2) is 20.3 Å². The summed E-state index contributed by atoms with van der Waals surface area (Å²) in [6, 6.07) is 22.8. The lowest BCUT2D eigenvalue weighted by Gasteiger charge is -2.10. The Labute approximate surface area is 190 Å². The second-order valence-electron chi connectivity index (χ2n) is 7.96. The molecule has 0 aliphatic rings. The topological polar surface area (TPSA) is 51.9 Å². The van der Waals surface area contributed by atoms with Crippen molar-refractivity contribution in [3.05, 3.63) is 107 Å². The first-order valence-corrected chi connectivity index (χ1v) is 11.5. The van der Waals surface area contributed by atoms with Crippen LogP contribution in [0.4, 0.5) is 5.69 Å². The molecule has 1 amide bonds. The van der Waals surface area contributed by atoms with Crippen molar-refractivity contribution in [1.82, 2.24) is 14.3 Å². The van der Waals surface area contributed by atoms with Crippen LogP contribution < -0.4 is 5.32 Å². The van der Waals surface area contributed by atoms with E-state index in [0.29, 0.717) is 17.9 Å². The maximum absolute atomic E-state index is 13.2. The van der Waals surface area contributed by atoms with E-state index in [2.05, 4.69) is 63.7 Å². The van der Waals surface area contributed by atoms with E-state index in [-0.39, 0.29) is 5.91 Å². The van der Waals surface area contributed by atoms with E-state index in [9.17, 15) is 4.79 Å². The third-order valence-corrected chi connectivity index (χ3v) is 6.39. The van der Waals surface area contributed by atoms with Gasteiger partial charge in [-0.3, -0.25) is 9.48 Å². The molecular weight excluding hydrogens is 416 g/mol. The zero-order chi connectivity index (χ0) is 21.9. The van der Waals surface area contributed by atoms with Gasteiger partial charge in [0.25, 0.3) is 5.91 Å². The Kier molecular flexibility index (Phi) is 5.60. The van der Waals surface area contributed by atoms with Gasteiger partial charge in [-0.2, -0.15) is 5.10 Å². The molecule has 0 unspecified atom stereocenters. The number of anilines is 1. The number of fused-ring (bicyclic) bond motifs is 1. The molecule has 5 rings (SSSR count). The molecule has 160 valence electrons. The van der Waals surface area contributed by atoms with Crippen molar-refractivity contribution < 1.29 is 4.79 Å². The zero-order valence-electron chi connectivity index (χ0n) is 17.9. The number of amides is 1. The largest absolute Gasteiger partial charge is 0.335 e. The van der Waals surface area contributed by atoms with E-state index in [1.807, 2.05) is 41.2 Å². The van der Waals surface area contributed by atoms with Crippen LogP contribution in [0.15, 0.2) is 84.5 Å². The first kappa shape index (κ1) is 20.3. The van der Waals surface area contributed by atoms with Gasteiger partial charge in [0.2, 0.25) is 0 Å². The van der Waals surface area contributed by atoms with E-state index in [1.54, 1.807) is 17.5 Å². The summed E-state index contributed by atoms with van der Waals surface area (Å²) in [6.07, 6.45) is 4.45. The molecule has 0 radical (unpaired) electrons. The molecule has 3 aromatic heterocycles. The summed E-state index contributed by atoms with van der Waals surface area (Å²) >= 11 is 1.66. The van der Waals surface area contributed by atoms with Gasteiger partial charge in [-0.15, -0.1) is 11.3 Å². The Bertz CT molecular complexity index is 1360. The van der Waals surface area contributed by atoms with Crippen LogP contribution in [0.25, 0.3) is 10.2 Å². The van der Waals surface area contributed by atoms with E-state index in [4.69, 9.17) is 0 Å². The lowest BCUT2D eigenvalue weighted by Crippen LogP contribution is -2.17. The van der Waals surface area contributed by atoms with Crippen molar-refractivity contribution in [2.24, 2.45) is 0 Å². The van der Waals surface area contributed by atoms with Gasteiger partial charge >= 0.3 is 0 Å². The molecule has 0 spiro atoms. The number of rotatable bonds is 7. The molecule has 0 atom stereocenters. The Hall–Kier alpha value is -3.64. The van der Waals surface area contributed by atoms with Crippen molar-refractivity contribution in [3.8, 4) is 0 Å². The number of hydrogen-bond donors (Lipinski definition) is 1. The second kappa shape index (κ2) is 8.85. The summed E-state index contributed by atoms with van der Waals surface area (Å²) in [4.78, 5) is 13.2. The normalized spacial score (nSPS) is 11.2. The fraction of sp³-hybridized carbons (Fsp3) is 0.154. The average Bonchev–Trinajstić information content (AvgIpc) is 3.50. The smallest absolute Gasteiger partial charge is 0.272 e. The number of thiophene rings is 1. The minimum atomic E-state index is -0.114. The van der Waals surface area contributed by atoms with Crippen molar-refractivity contribution >= 4 is 33.1 Å². The first-order valence-electron chi connectivity index (χ1n) is 10.7. The fourth-order valence-corrected chi connectivity index (χ4v) is 4.82. The number of aryl methyl sites for hydroxylation is 3. The number of benzene rings is 2. The average molecular weight is 441 g/mol. The van der Waals surface area contributed by atoms with Gasteiger partial charge in [0.1, 0.15) is 5.69 Å². The van der Waals surface area contributed by atoms with Crippen LogP contribution in [0.2, 0.25) is 0 Å². The fourth-order valence-electron chi connectivity index (χ4n) is 4.00. The van der Waals surface area contributed by atoms with Crippen LogP contribution in [0, 0.1) is 6.92 Å². The predicted octanol–water partition coefficient (Wildman–Crippen LogP) is 5.75. The van der Waals surface area contributed by atoms with Crippen LogP contribution in [0.1, 0.15) is 27.2 Å². The van der Waals surface area contributed by atoms with Crippen molar-refractivity contribution in [1.29, 1.82) is 0 Å². The number of nitrogens with one attached hydrogen (secondary N) is 1. The molecule has 0 aliphatic heterocycles. The highest BCUT2D eigenvalue weighted by Gasteiger charge is 2.17. The molecule has 0 bridgehead atoms. The van der Waals surface area contributed by atoms with Gasteiger partial charge in [0, 0.05) is 12.7 Å². The minimum Gasteiger partial charge on any atom is -0.335 e. The molecule has 5 aromatic rings. The standard InChI is InChI=1S/C26H24N4OS/c1-19-6-5-9-21(14-19)17-29-18-22(16-27-29)28-26(31)24-15-25-23(11-13-32-25)30(24)12-10-20-7-3-2-4-8-20/h2-9,11,13-16,18H,10,12,17H2,1H3,(H,28,31). The first-order chi connectivity index (χ1) is 15.7. The molecule has 1 N–H and O–H groups in total. The summed E-state index contributed by atoms with van der Waals surface area (Å²) in [6.45, 7) is 3.50. The number of aromatic nitrogens is 3. The Morgan fingerprint density at radius 3 is 2.72 bits per heavy atom. The highest BCUT2D eigenvalue weighted by Crippen LogP contribution is 2.26. The quantitative estimate of drug-likeness (QED) is 0.350. The van der Waals surface area contributed by atoms with Gasteiger partial charge in [0.05, 0.1) is 28.6 Å². The maximum atomic E-state index is 13.2. The van der Waals surface area contributed by atoms with Crippen LogP contribution >= 0.6 is 11.3 Å². The molecule has 0 saturated heterocycles. The molecule has 32 heavy (non-hydrogen) atoms. The van der Waals surface area contributed by atoms with E-state index < -0.39 is 0 Å². The van der Waals surface area contributed by atoms with Gasteiger partial charge in [-0.1, -0.05) is 60.2 Å². The van der Waals surface area contributed by atoms with Gasteiger partial charge in [-0.25, -0.2) is 0 Å². The van der Waals surface area contributed by atoms with Crippen LogP contribution in [0.3, 0.4) is 0 Å². The van der Waals surface area contributed by atoms with E-state index in [0.717, 1.165) is 23.2 Å². The monoisotopic (exact) mass is 440 g/mol. The third-order valence-electron chi connectivity index (χ3n) is 5.54. The van der Waals surface area contributed by atoms with Crippen LogP contribution in [0.5, 0.6) is 0 Å². The SMILES string of the molecule is Cc1cccc(Cn2cc(NC(=O)c3cc4sccc4n3CCc3ccccc3)cn2)c1. The highest BCUT2D eigenvalue weighted by molar-refractivity contribution is 7.17. The summed E-state index contributed by atoms with van der Waals surface area (Å²) in [5.41, 5.74) is 6.14. The second-order valence-corrected chi connectivity index (χ2v) is 8.90. The number of carbonyl (C=O) groups excluding carboxylic acids is 1. The van der Waals surface area contributed by atoms with Crippen LogP contribution in [-0.2, 0) is 19.5 Å². The summed E-state index contributed by atoms with van der Waals surface area (Å²) in [5, 5.41) is 9.51. The van der Waals surface area contributed by atoms with Gasteiger partial charge in [0.15, 0.2) is 0 Å². The third kappa shape index (κ3) is 4.36. The minimum absolute atomic E-state index is 0.114. The van der Waals surface area contributed by atoms with Gasteiger partial charge in [-0.05, 0) is 42.0 Å². The summed E-state index contributed by atoms with van der Waals surface area (Å²) in [7, 11) is 0. The lowest BCUT2D eigenvalue weighted by molar-refractivity contribution is 0.101. The van der Waals surface area contributed by atoms with Crippen molar-refractivity contribution in [2.45, 2.75) is 26.4 Å². The lowest BCUT2D eigenvalue weighted by atomic mass is 10.1. The van der Waals surface area contributed by atoms with Crippen molar-refractivity contribution in [2.75, 3.05) is 5.32 Å². The Morgan fingerprint density at radius 2 is 1.88 bits per heavy atom. The molecular formula is C26H24N4OS.